The summed E-state index contributed by atoms with van der Waals surface area (Å²) in [5.74, 6) is 1.89. The molecule has 0 heterocycles. The summed E-state index contributed by atoms with van der Waals surface area (Å²) in [6, 6.07) is 1.74. The van der Waals surface area contributed by atoms with Crippen molar-refractivity contribution < 1.29 is 0 Å². The summed E-state index contributed by atoms with van der Waals surface area (Å²) in [6.07, 6.45) is 8.65. The minimum atomic E-state index is 0.859. The van der Waals surface area contributed by atoms with Crippen molar-refractivity contribution in [1.82, 2.24) is 5.32 Å². The SMILES string of the molecule is CC(C)C1CCC(NC2CCC2)C1. The molecule has 0 spiro atoms. The molecule has 2 unspecified atom stereocenters. The van der Waals surface area contributed by atoms with Gasteiger partial charge in [0.15, 0.2) is 0 Å². The van der Waals surface area contributed by atoms with Gasteiger partial charge in [-0.05, 0) is 43.9 Å². The van der Waals surface area contributed by atoms with Crippen molar-refractivity contribution in [3.8, 4) is 0 Å². The third-order valence-corrected chi connectivity index (χ3v) is 3.99. The van der Waals surface area contributed by atoms with Crippen molar-refractivity contribution in [2.24, 2.45) is 11.8 Å². The molecule has 2 atom stereocenters. The number of rotatable bonds is 3. The van der Waals surface area contributed by atoms with E-state index in [1.54, 1.807) is 0 Å². The van der Waals surface area contributed by atoms with Gasteiger partial charge >= 0.3 is 0 Å². The maximum Gasteiger partial charge on any atom is 0.00724 e. The molecular formula is C12H23N. The van der Waals surface area contributed by atoms with Crippen molar-refractivity contribution in [3.63, 3.8) is 0 Å². The van der Waals surface area contributed by atoms with Crippen LogP contribution in [0.2, 0.25) is 0 Å². The minimum absolute atomic E-state index is 0.859. The summed E-state index contributed by atoms with van der Waals surface area (Å²) in [5.41, 5.74) is 0. The van der Waals surface area contributed by atoms with E-state index in [1.165, 1.54) is 38.5 Å². The quantitative estimate of drug-likeness (QED) is 0.706. The maximum atomic E-state index is 3.80. The number of nitrogens with one attached hydrogen (secondary N) is 1. The molecular weight excluding hydrogens is 158 g/mol. The van der Waals surface area contributed by atoms with Gasteiger partial charge in [0.05, 0.1) is 0 Å². The highest BCUT2D eigenvalue weighted by atomic mass is 15.0. The third-order valence-electron chi connectivity index (χ3n) is 3.99. The van der Waals surface area contributed by atoms with Crippen molar-refractivity contribution >= 4 is 0 Å². The van der Waals surface area contributed by atoms with Gasteiger partial charge in [-0.2, -0.15) is 0 Å². The van der Waals surface area contributed by atoms with Crippen molar-refractivity contribution in [3.05, 3.63) is 0 Å². The van der Waals surface area contributed by atoms with E-state index in [0.717, 1.165) is 23.9 Å². The minimum Gasteiger partial charge on any atom is -0.311 e. The second kappa shape index (κ2) is 4.00. The standard InChI is InChI=1S/C12H23N/c1-9(2)10-6-7-12(8-10)13-11-4-3-5-11/h9-13H,3-8H2,1-2H3. The van der Waals surface area contributed by atoms with Gasteiger partial charge in [-0.1, -0.05) is 20.3 Å². The maximum absolute atomic E-state index is 3.80. The van der Waals surface area contributed by atoms with E-state index < -0.39 is 0 Å². The Bertz CT molecular complexity index is 161. The van der Waals surface area contributed by atoms with Crippen LogP contribution in [0.1, 0.15) is 52.4 Å². The Hall–Kier alpha value is -0.0400. The summed E-state index contributed by atoms with van der Waals surface area (Å²) in [4.78, 5) is 0. The number of hydrogen-bond donors (Lipinski definition) is 1. The second-order valence-electron chi connectivity index (χ2n) is 5.31. The highest BCUT2D eigenvalue weighted by Crippen LogP contribution is 2.32. The summed E-state index contributed by atoms with van der Waals surface area (Å²) in [7, 11) is 0. The van der Waals surface area contributed by atoms with Crippen molar-refractivity contribution in [2.75, 3.05) is 0 Å². The highest BCUT2D eigenvalue weighted by molar-refractivity contribution is 4.87. The van der Waals surface area contributed by atoms with Crippen LogP contribution in [0.4, 0.5) is 0 Å². The van der Waals surface area contributed by atoms with Crippen LogP contribution in [0, 0.1) is 11.8 Å². The van der Waals surface area contributed by atoms with E-state index in [2.05, 4.69) is 19.2 Å². The van der Waals surface area contributed by atoms with Gasteiger partial charge in [-0.15, -0.1) is 0 Å². The molecule has 2 fully saturated rings. The first kappa shape index (κ1) is 9.51. The first-order valence-corrected chi connectivity index (χ1v) is 6.01. The molecule has 0 aromatic heterocycles. The van der Waals surface area contributed by atoms with Crippen LogP contribution in [-0.2, 0) is 0 Å². The molecule has 0 aromatic rings. The van der Waals surface area contributed by atoms with E-state index >= 15 is 0 Å². The molecule has 1 N–H and O–H groups in total. The zero-order valence-electron chi connectivity index (χ0n) is 9.05. The molecule has 2 aliphatic rings. The Morgan fingerprint density at radius 2 is 1.77 bits per heavy atom. The van der Waals surface area contributed by atoms with Crippen LogP contribution in [0.25, 0.3) is 0 Å². The van der Waals surface area contributed by atoms with Crippen LogP contribution in [-0.4, -0.2) is 12.1 Å². The predicted octanol–water partition coefficient (Wildman–Crippen LogP) is 2.95. The van der Waals surface area contributed by atoms with Crippen molar-refractivity contribution in [1.29, 1.82) is 0 Å². The van der Waals surface area contributed by atoms with Gasteiger partial charge in [0.25, 0.3) is 0 Å². The van der Waals surface area contributed by atoms with E-state index in [-0.39, 0.29) is 0 Å². The molecule has 0 amide bonds. The lowest BCUT2D eigenvalue weighted by Crippen LogP contribution is -2.41. The van der Waals surface area contributed by atoms with E-state index in [1.807, 2.05) is 0 Å². The fraction of sp³-hybridized carbons (Fsp3) is 1.00. The molecule has 2 rings (SSSR count). The van der Waals surface area contributed by atoms with Gasteiger partial charge in [0.1, 0.15) is 0 Å². The fourth-order valence-corrected chi connectivity index (χ4v) is 2.68. The van der Waals surface area contributed by atoms with Gasteiger partial charge in [0, 0.05) is 12.1 Å². The Balaban J connectivity index is 1.71. The van der Waals surface area contributed by atoms with Crippen LogP contribution >= 0.6 is 0 Å². The molecule has 0 saturated heterocycles. The van der Waals surface area contributed by atoms with Crippen LogP contribution in [0.3, 0.4) is 0 Å². The Morgan fingerprint density at radius 3 is 2.23 bits per heavy atom. The van der Waals surface area contributed by atoms with E-state index in [0.29, 0.717) is 0 Å². The van der Waals surface area contributed by atoms with Gasteiger partial charge < -0.3 is 5.32 Å². The smallest absolute Gasteiger partial charge is 0.00724 e. The Kier molecular flexibility index (Phi) is 2.92. The largest absolute Gasteiger partial charge is 0.311 e. The first-order valence-electron chi connectivity index (χ1n) is 6.01. The molecule has 0 radical (unpaired) electrons. The van der Waals surface area contributed by atoms with Gasteiger partial charge in [-0.3, -0.25) is 0 Å². The summed E-state index contributed by atoms with van der Waals surface area (Å²) >= 11 is 0. The zero-order valence-corrected chi connectivity index (χ0v) is 9.05. The van der Waals surface area contributed by atoms with Gasteiger partial charge in [-0.25, -0.2) is 0 Å². The third kappa shape index (κ3) is 2.25. The fourth-order valence-electron chi connectivity index (χ4n) is 2.68. The predicted molar refractivity (Wildman–Crippen MR) is 56.7 cm³/mol. The average molecular weight is 181 g/mol. The molecule has 2 saturated carbocycles. The number of hydrogen-bond acceptors (Lipinski definition) is 1. The van der Waals surface area contributed by atoms with E-state index in [4.69, 9.17) is 0 Å². The zero-order chi connectivity index (χ0) is 9.26. The molecule has 76 valence electrons. The average Bonchev–Trinajstić information content (AvgIpc) is 2.44. The second-order valence-corrected chi connectivity index (χ2v) is 5.31. The first-order chi connectivity index (χ1) is 6.25. The molecule has 2 aliphatic carbocycles. The normalized spacial score (nSPS) is 35.3. The lowest BCUT2D eigenvalue weighted by atomic mass is 9.91. The summed E-state index contributed by atoms with van der Waals surface area (Å²) in [5, 5.41) is 3.80. The van der Waals surface area contributed by atoms with Crippen LogP contribution in [0.15, 0.2) is 0 Å². The molecule has 0 aliphatic heterocycles. The molecule has 13 heavy (non-hydrogen) atoms. The van der Waals surface area contributed by atoms with Crippen LogP contribution < -0.4 is 5.32 Å². The van der Waals surface area contributed by atoms with Crippen molar-refractivity contribution in [2.45, 2.75) is 64.5 Å². The topological polar surface area (TPSA) is 12.0 Å². The monoisotopic (exact) mass is 181 g/mol. The highest BCUT2D eigenvalue weighted by Gasteiger charge is 2.29. The molecule has 0 bridgehead atoms. The summed E-state index contributed by atoms with van der Waals surface area (Å²) < 4.78 is 0. The molecule has 1 nitrogen and oxygen atoms in total. The Morgan fingerprint density at radius 1 is 1.00 bits per heavy atom. The lowest BCUT2D eigenvalue weighted by molar-refractivity contribution is 0.295. The van der Waals surface area contributed by atoms with E-state index in [9.17, 15) is 0 Å². The Labute approximate surface area is 82.3 Å². The summed E-state index contributed by atoms with van der Waals surface area (Å²) in [6.45, 7) is 4.74. The van der Waals surface area contributed by atoms with Gasteiger partial charge in [0.2, 0.25) is 0 Å². The van der Waals surface area contributed by atoms with Crippen LogP contribution in [0.5, 0.6) is 0 Å². The molecule has 0 aromatic carbocycles. The molecule has 1 heteroatoms. The lowest BCUT2D eigenvalue weighted by Gasteiger charge is -2.30.